The molecule has 21 heavy (non-hydrogen) atoms. The zero-order chi connectivity index (χ0) is 16.6. The van der Waals surface area contributed by atoms with E-state index in [0.717, 1.165) is 0 Å². The molecule has 1 amide bonds. The van der Waals surface area contributed by atoms with Crippen molar-refractivity contribution < 1.29 is 24.2 Å². The summed E-state index contributed by atoms with van der Waals surface area (Å²) in [5.41, 5.74) is -0.613. The zero-order valence-corrected chi connectivity index (χ0v) is 13.9. The first-order valence-electron chi connectivity index (χ1n) is 7.38. The molecule has 0 rings (SSSR count). The predicted molar refractivity (Wildman–Crippen MR) is 79.9 cm³/mol. The van der Waals surface area contributed by atoms with Crippen LogP contribution in [0.3, 0.4) is 0 Å². The fourth-order valence-corrected chi connectivity index (χ4v) is 1.81. The quantitative estimate of drug-likeness (QED) is 0.705. The van der Waals surface area contributed by atoms with Crippen LogP contribution in [0, 0.1) is 5.92 Å². The van der Waals surface area contributed by atoms with E-state index in [1.54, 1.807) is 27.7 Å². The molecular weight excluding hydrogens is 274 g/mol. The van der Waals surface area contributed by atoms with Gasteiger partial charge in [-0.25, -0.2) is 4.79 Å². The number of amides is 1. The molecule has 2 atom stereocenters. The van der Waals surface area contributed by atoms with Crippen molar-refractivity contribution in [3.05, 3.63) is 0 Å². The van der Waals surface area contributed by atoms with Crippen LogP contribution >= 0.6 is 0 Å². The smallest absolute Gasteiger partial charge is 0.407 e. The van der Waals surface area contributed by atoms with Gasteiger partial charge in [0.15, 0.2) is 0 Å². The highest BCUT2D eigenvalue weighted by atomic mass is 16.6. The maximum absolute atomic E-state index is 11.8. The van der Waals surface area contributed by atoms with Crippen molar-refractivity contribution in [2.45, 2.75) is 72.1 Å². The van der Waals surface area contributed by atoms with E-state index in [2.05, 4.69) is 5.32 Å². The van der Waals surface area contributed by atoms with Gasteiger partial charge < -0.3 is 19.9 Å². The first-order valence-corrected chi connectivity index (χ1v) is 7.38. The monoisotopic (exact) mass is 303 g/mol. The van der Waals surface area contributed by atoms with E-state index in [0.29, 0.717) is 6.42 Å². The van der Waals surface area contributed by atoms with Crippen molar-refractivity contribution >= 4 is 12.1 Å². The van der Waals surface area contributed by atoms with Gasteiger partial charge in [0.2, 0.25) is 0 Å². The Kier molecular flexibility index (Phi) is 8.32. The topological polar surface area (TPSA) is 84.9 Å². The van der Waals surface area contributed by atoms with Crippen LogP contribution < -0.4 is 5.32 Å². The summed E-state index contributed by atoms with van der Waals surface area (Å²) < 4.78 is 9.99. The maximum Gasteiger partial charge on any atom is 0.407 e. The summed E-state index contributed by atoms with van der Waals surface area (Å²) in [4.78, 5) is 23.2. The van der Waals surface area contributed by atoms with Crippen molar-refractivity contribution in [2.75, 3.05) is 6.61 Å². The van der Waals surface area contributed by atoms with Crippen LogP contribution in [-0.4, -0.2) is 41.5 Å². The molecule has 0 saturated carbocycles. The van der Waals surface area contributed by atoms with Crippen molar-refractivity contribution in [1.82, 2.24) is 5.32 Å². The number of alkyl carbamates (subject to hydrolysis) is 1. The number of aliphatic hydroxyl groups excluding tert-OH is 1. The van der Waals surface area contributed by atoms with Crippen LogP contribution in [0.4, 0.5) is 4.79 Å². The molecule has 2 N–H and O–H groups in total. The minimum atomic E-state index is -1.00. The van der Waals surface area contributed by atoms with Crippen LogP contribution in [0.25, 0.3) is 0 Å². The largest absolute Gasteiger partial charge is 0.466 e. The van der Waals surface area contributed by atoms with Gasteiger partial charge in [0.05, 0.1) is 25.2 Å². The molecule has 0 aliphatic rings. The Morgan fingerprint density at radius 2 is 1.81 bits per heavy atom. The van der Waals surface area contributed by atoms with Gasteiger partial charge in [-0.05, 0) is 40.0 Å². The second kappa shape index (κ2) is 8.87. The lowest BCUT2D eigenvalue weighted by molar-refractivity contribution is -0.145. The first kappa shape index (κ1) is 19.7. The minimum Gasteiger partial charge on any atom is -0.466 e. The Morgan fingerprint density at radius 1 is 1.24 bits per heavy atom. The zero-order valence-electron chi connectivity index (χ0n) is 13.9. The van der Waals surface area contributed by atoms with Crippen LogP contribution in [0.2, 0.25) is 0 Å². The summed E-state index contributed by atoms with van der Waals surface area (Å²) in [6.45, 7) is 11.2. The molecule has 0 heterocycles. The van der Waals surface area contributed by atoms with Crippen molar-refractivity contribution in [3.8, 4) is 0 Å². The summed E-state index contributed by atoms with van der Waals surface area (Å²) in [5.74, 6) is -0.230. The Balaban J connectivity index is 4.63. The van der Waals surface area contributed by atoms with Crippen LogP contribution in [-0.2, 0) is 14.3 Å². The lowest BCUT2D eigenvalue weighted by Crippen LogP contribution is -2.46. The summed E-state index contributed by atoms with van der Waals surface area (Å²) in [7, 11) is 0. The second-order valence-corrected chi connectivity index (χ2v) is 6.46. The van der Waals surface area contributed by atoms with Gasteiger partial charge in [-0.15, -0.1) is 0 Å². The molecule has 124 valence electrons. The molecule has 0 spiro atoms. The van der Waals surface area contributed by atoms with Gasteiger partial charge in [0.25, 0.3) is 0 Å². The summed E-state index contributed by atoms with van der Waals surface area (Å²) in [5, 5.41) is 12.8. The molecule has 6 nitrogen and oxygen atoms in total. The molecular formula is C15H29NO5. The van der Waals surface area contributed by atoms with Gasteiger partial charge in [-0.1, -0.05) is 13.8 Å². The van der Waals surface area contributed by atoms with Crippen LogP contribution in [0.1, 0.15) is 54.4 Å². The Labute approximate surface area is 127 Å². The van der Waals surface area contributed by atoms with E-state index >= 15 is 0 Å². The van der Waals surface area contributed by atoms with Gasteiger partial charge in [0, 0.05) is 0 Å². The highest BCUT2D eigenvalue weighted by Crippen LogP contribution is 2.13. The van der Waals surface area contributed by atoms with E-state index < -0.39 is 29.8 Å². The fraction of sp³-hybridized carbons (Fsp3) is 0.867. The SMILES string of the molecule is CCOC(=O)C[C@@H](O)[C@@H](CC(C)C)NC(=O)OC(C)(C)C. The molecule has 0 radical (unpaired) electrons. The van der Waals surface area contributed by atoms with Crippen LogP contribution in [0.15, 0.2) is 0 Å². The normalized spacial score (nSPS) is 14.5. The third kappa shape index (κ3) is 10.1. The Hall–Kier alpha value is -1.30. The van der Waals surface area contributed by atoms with E-state index in [1.807, 2.05) is 13.8 Å². The van der Waals surface area contributed by atoms with E-state index in [-0.39, 0.29) is 18.9 Å². The van der Waals surface area contributed by atoms with Gasteiger partial charge in [0.1, 0.15) is 5.60 Å². The molecule has 0 aromatic rings. The number of aliphatic hydroxyl groups is 1. The van der Waals surface area contributed by atoms with Crippen LogP contribution in [0.5, 0.6) is 0 Å². The standard InChI is InChI=1S/C15H29NO5/c1-7-20-13(18)9-12(17)11(8-10(2)3)16-14(19)21-15(4,5)6/h10-12,17H,7-9H2,1-6H3,(H,16,19)/t11-,12-/m1/s1. The lowest BCUT2D eigenvalue weighted by Gasteiger charge is -2.27. The molecule has 6 heteroatoms. The summed E-state index contributed by atoms with van der Waals surface area (Å²) >= 11 is 0. The van der Waals surface area contributed by atoms with E-state index in [9.17, 15) is 14.7 Å². The molecule has 0 aliphatic carbocycles. The van der Waals surface area contributed by atoms with E-state index in [4.69, 9.17) is 9.47 Å². The fourth-order valence-electron chi connectivity index (χ4n) is 1.81. The van der Waals surface area contributed by atoms with Gasteiger partial charge in [-0.3, -0.25) is 4.79 Å². The number of esters is 1. The number of carbonyl (C=O) groups excluding carboxylic acids is 2. The molecule has 0 bridgehead atoms. The summed E-state index contributed by atoms with van der Waals surface area (Å²) in [6, 6.07) is -0.552. The lowest BCUT2D eigenvalue weighted by atomic mass is 9.97. The Morgan fingerprint density at radius 3 is 2.24 bits per heavy atom. The number of hydrogen-bond acceptors (Lipinski definition) is 5. The molecule has 0 saturated heterocycles. The Bertz CT molecular complexity index is 335. The number of nitrogens with one attached hydrogen (secondary N) is 1. The molecule has 0 fully saturated rings. The number of ether oxygens (including phenoxy) is 2. The molecule has 0 aromatic carbocycles. The molecule has 0 unspecified atom stereocenters. The van der Waals surface area contributed by atoms with Gasteiger partial charge >= 0.3 is 12.1 Å². The maximum atomic E-state index is 11.8. The van der Waals surface area contributed by atoms with Crippen molar-refractivity contribution in [2.24, 2.45) is 5.92 Å². The third-order valence-corrected chi connectivity index (χ3v) is 2.57. The van der Waals surface area contributed by atoms with Gasteiger partial charge in [-0.2, -0.15) is 0 Å². The van der Waals surface area contributed by atoms with Crippen molar-refractivity contribution in [1.29, 1.82) is 0 Å². The minimum absolute atomic E-state index is 0.152. The second-order valence-electron chi connectivity index (χ2n) is 6.46. The summed E-state index contributed by atoms with van der Waals surface area (Å²) in [6.07, 6.45) is -1.21. The number of rotatable bonds is 7. The molecule has 0 aromatic heterocycles. The number of carbonyl (C=O) groups is 2. The highest BCUT2D eigenvalue weighted by Gasteiger charge is 2.27. The third-order valence-electron chi connectivity index (χ3n) is 2.57. The highest BCUT2D eigenvalue weighted by molar-refractivity contribution is 5.71. The average Bonchev–Trinajstić information content (AvgIpc) is 2.24. The first-order chi connectivity index (χ1) is 9.55. The predicted octanol–water partition coefficient (Wildman–Crippen LogP) is 2.24. The van der Waals surface area contributed by atoms with E-state index in [1.165, 1.54) is 0 Å². The molecule has 0 aliphatic heterocycles. The number of hydrogen-bond donors (Lipinski definition) is 2. The van der Waals surface area contributed by atoms with Crippen molar-refractivity contribution in [3.63, 3.8) is 0 Å². The average molecular weight is 303 g/mol.